The Hall–Kier alpha value is -2.67. The number of benzene rings is 1. The lowest BCUT2D eigenvalue weighted by atomic mass is 9.93. The van der Waals surface area contributed by atoms with Gasteiger partial charge in [-0.2, -0.15) is 0 Å². The largest absolute Gasteiger partial charge is 0.463 e. The maximum atomic E-state index is 13.6. The Bertz CT molecular complexity index is 941. The number of cyclic esters (lactones) is 1. The van der Waals surface area contributed by atoms with Gasteiger partial charge in [0.1, 0.15) is 6.61 Å². The Kier molecular flexibility index (Phi) is 9.78. The maximum absolute atomic E-state index is 13.6. The zero-order valence-electron chi connectivity index (χ0n) is 21.9. The molecule has 1 aromatic rings. The lowest BCUT2D eigenvalue weighted by Gasteiger charge is -2.31. The van der Waals surface area contributed by atoms with Gasteiger partial charge in [0.2, 0.25) is 11.8 Å². The van der Waals surface area contributed by atoms with Crippen molar-refractivity contribution >= 4 is 17.8 Å². The van der Waals surface area contributed by atoms with E-state index in [9.17, 15) is 19.5 Å². The second kappa shape index (κ2) is 13.2. The number of ether oxygens (including phenoxy) is 1. The summed E-state index contributed by atoms with van der Waals surface area (Å²) < 4.78 is 5.81. The van der Waals surface area contributed by atoms with Crippen molar-refractivity contribution in [2.24, 2.45) is 11.8 Å². The van der Waals surface area contributed by atoms with Crippen molar-refractivity contribution < 1.29 is 24.2 Å². The minimum atomic E-state index is -0.543. The van der Waals surface area contributed by atoms with Crippen LogP contribution in [0.5, 0.6) is 0 Å². The van der Waals surface area contributed by atoms with Gasteiger partial charge in [-0.15, -0.1) is 0 Å². The van der Waals surface area contributed by atoms with E-state index < -0.39 is 11.5 Å². The topological polar surface area (TPSA) is 95.9 Å². The van der Waals surface area contributed by atoms with Gasteiger partial charge in [0.05, 0.1) is 30.0 Å². The molecular formula is C30H42N2O5. The molecule has 202 valence electrons. The predicted octanol–water partition coefficient (Wildman–Crippen LogP) is 3.94. The molecular weight excluding hydrogens is 468 g/mol. The van der Waals surface area contributed by atoms with Crippen LogP contribution in [-0.2, 0) is 25.5 Å². The van der Waals surface area contributed by atoms with Gasteiger partial charge in [-0.05, 0) is 63.4 Å². The van der Waals surface area contributed by atoms with Crippen LogP contribution < -0.4 is 5.32 Å². The summed E-state index contributed by atoms with van der Waals surface area (Å²) in [6.45, 7) is 0.761. The smallest absolute Gasteiger partial charge is 0.309 e. The molecule has 0 bridgehead atoms. The molecule has 2 heterocycles. The monoisotopic (exact) mass is 510 g/mol. The van der Waals surface area contributed by atoms with Crippen LogP contribution in [0.1, 0.15) is 76.2 Å². The van der Waals surface area contributed by atoms with E-state index in [1.165, 1.54) is 0 Å². The summed E-state index contributed by atoms with van der Waals surface area (Å²) in [6.07, 6.45) is 13.0. The second-order valence-electron chi connectivity index (χ2n) is 11.1. The molecule has 4 rings (SSSR count). The van der Waals surface area contributed by atoms with Gasteiger partial charge in [0.15, 0.2) is 0 Å². The molecule has 1 saturated carbocycles. The number of nitrogens with one attached hydrogen (secondary N) is 1. The van der Waals surface area contributed by atoms with Crippen LogP contribution >= 0.6 is 0 Å². The summed E-state index contributed by atoms with van der Waals surface area (Å²) in [6, 6.07) is 9.89. The summed E-state index contributed by atoms with van der Waals surface area (Å²) >= 11 is 0. The van der Waals surface area contributed by atoms with E-state index in [1.807, 2.05) is 41.3 Å². The van der Waals surface area contributed by atoms with Gasteiger partial charge in [-0.1, -0.05) is 55.3 Å². The lowest BCUT2D eigenvalue weighted by Crippen LogP contribution is -2.50. The van der Waals surface area contributed by atoms with Crippen LogP contribution in [0.4, 0.5) is 0 Å². The Morgan fingerprint density at radius 2 is 1.81 bits per heavy atom. The van der Waals surface area contributed by atoms with Crippen molar-refractivity contribution in [3.8, 4) is 0 Å². The number of nitrogens with zero attached hydrogens (tertiary/aromatic N) is 1. The molecule has 2 N–H and O–H groups in total. The molecule has 1 aliphatic carbocycles. The number of fused-ring (bicyclic) bond motifs is 1. The summed E-state index contributed by atoms with van der Waals surface area (Å²) in [5.41, 5.74) is 0.582. The summed E-state index contributed by atoms with van der Waals surface area (Å²) in [5.74, 6) is -1.06. The van der Waals surface area contributed by atoms with Crippen LogP contribution in [0, 0.1) is 11.8 Å². The Labute approximate surface area is 220 Å². The first kappa shape index (κ1) is 27.4. The van der Waals surface area contributed by atoms with Gasteiger partial charge in [-0.3, -0.25) is 14.4 Å². The fourth-order valence-electron chi connectivity index (χ4n) is 6.11. The van der Waals surface area contributed by atoms with Crippen molar-refractivity contribution in [2.75, 3.05) is 19.8 Å². The van der Waals surface area contributed by atoms with Crippen LogP contribution in [0.15, 0.2) is 42.5 Å². The highest BCUT2D eigenvalue weighted by molar-refractivity contribution is 5.86. The van der Waals surface area contributed by atoms with E-state index in [1.54, 1.807) is 0 Å². The molecule has 0 unspecified atom stereocenters. The summed E-state index contributed by atoms with van der Waals surface area (Å²) in [7, 11) is 0. The van der Waals surface area contributed by atoms with Crippen molar-refractivity contribution in [3.63, 3.8) is 0 Å². The van der Waals surface area contributed by atoms with E-state index in [0.29, 0.717) is 19.4 Å². The molecule has 2 aliphatic heterocycles. The number of carbonyl (C=O) groups is 3. The number of aliphatic hydroxyl groups is 1. The minimum Gasteiger partial charge on any atom is -0.463 e. The standard InChI is InChI=1S/C30H42N2O5/c33-22-30(16-8-9-17-30)31-27(34)20-24-13-6-1-2-7-14-25(19-23-11-4-3-5-12-23)29(36)37-21-26-15-10-18-32(26)28(24)35/h1,3-6,11-12,24-26,33H,2,7-10,13-22H2,(H,31,34)/t24-,25-,26+/m1/s1. The number of aliphatic hydroxyl groups excluding tert-OH is 1. The average Bonchev–Trinajstić information content (AvgIpc) is 3.57. The van der Waals surface area contributed by atoms with Crippen LogP contribution in [0.2, 0.25) is 0 Å². The lowest BCUT2D eigenvalue weighted by molar-refractivity contribution is -0.152. The zero-order valence-corrected chi connectivity index (χ0v) is 21.9. The molecule has 2 fully saturated rings. The van der Waals surface area contributed by atoms with Crippen LogP contribution in [-0.4, -0.2) is 59.1 Å². The number of hydrogen-bond donors (Lipinski definition) is 2. The first-order chi connectivity index (χ1) is 18.0. The Balaban J connectivity index is 1.44. The number of rotatable bonds is 6. The molecule has 0 spiro atoms. The molecule has 3 aliphatic rings. The van der Waals surface area contributed by atoms with Gasteiger partial charge in [-0.25, -0.2) is 0 Å². The van der Waals surface area contributed by atoms with Crippen LogP contribution in [0.25, 0.3) is 0 Å². The Morgan fingerprint density at radius 1 is 1.03 bits per heavy atom. The quantitative estimate of drug-likeness (QED) is 0.447. The van der Waals surface area contributed by atoms with Crippen molar-refractivity contribution in [1.29, 1.82) is 0 Å². The molecule has 7 nitrogen and oxygen atoms in total. The van der Waals surface area contributed by atoms with E-state index in [2.05, 4.69) is 11.4 Å². The Morgan fingerprint density at radius 3 is 2.57 bits per heavy atom. The highest BCUT2D eigenvalue weighted by atomic mass is 16.5. The van der Waals surface area contributed by atoms with E-state index in [0.717, 1.165) is 63.4 Å². The third-order valence-corrected chi connectivity index (χ3v) is 8.30. The van der Waals surface area contributed by atoms with Crippen molar-refractivity contribution in [3.05, 3.63) is 48.0 Å². The highest BCUT2D eigenvalue weighted by Crippen LogP contribution is 2.30. The van der Waals surface area contributed by atoms with Gasteiger partial charge in [0.25, 0.3) is 0 Å². The molecule has 3 atom stereocenters. The molecule has 0 aromatic heterocycles. The van der Waals surface area contributed by atoms with Crippen molar-refractivity contribution in [2.45, 2.75) is 88.6 Å². The fraction of sp³-hybridized carbons (Fsp3) is 0.633. The van der Waals surface area contributed by atoms with E-state index in [4.69, 9.17) is 4.74 Å². The SMILES string of the molecule is O=C(C[C@H]1CC=CCCC[C@H](Cc2ccccc2)C(=O)OC[C@@H]2CCCN2C1=O)NC1(CO)CCCC1. The average molecular weight is 511 g/mol. The zero-order chi connectivity index (χ0) is 26.1. The summed E-state index contributed by atoms with van der Waals surface area (Å²) in [5, 5.41) is 12.9. The van der Waals surface area contributed by atoms with Crippen molar-refractivity contribution in [1.82, 2.24) is 10.2 Å². The second-order valence-corrected chi connectivity index (χ2v) is 11.1. The number of allylic oxidation sites excluding steroid dienone is 2. The molecule has 1 aromatic carbocycles. The molecule has 0 radical (unpaired) electrons. The molecule has 1 saturated heterocycles. The number of esters is 1. The molecule has 7 heteroatoms. The summed E-state index contributed by atoms with van der Waals surface area (Å²) in [4.78, 5) is 41.5. The fourth-order valence-corrected chi connectivity index (χ4v) is 6.11. The van der Waals surface area contributed by atoms with E-state index >= 15 is 0 Å². The first-order valence-electron chi connectivity index (χ1n) is 14.1. The number of amides is 2. The first-order valence-corrected chi connectivity index (χ1v) is 14.1. The maximum Gasteiger partial charge on any atom is 0.309 e. The van der Waals surface area contributed by atoms with Crippen LogP contribution in [0.3, 0.4) is 0 Å². The third-order valence-electron chi connectivity index (χ3n) is 8.30. The molecule has 37 heavy (non-hydrogen) atoms. The number of hydrogen-bond acceptors (Lipinski definition) is 5. The van der Waals surface area contributed by atoms with E-state index in [-0.39, 0.29) is 49.4 Å². The number of carbonyl (C=O) groups excluding carboxylic acids is 3. The highest BCUT2D eigenvalue weighted by Gasteiger charge is 2.38. The normalized spacial score (nSPS) is 26.8. The van der Waals surface area contributed by atoms with Gasteiger partial charge in [0, 0.05) is 13.0 Å². The van der Waals surface area contributed by atoms with Gasteiger partial charge >= 0.3 is 5.97 Å². The molecule has 2 amide bonds. The third kappa shape index (κ3) is 7.44. The minimum absolute atomic E-state index is 0.0410. The predicted molar refractivity (Wildman–Crippen MR) is 141 cm³/mol. The van der Waals surface area contributed by atoms with Gasteiger partial charge < -0.3 is 20.1 Å².